The maximum absolute atomic E-state index is 13.1. The van der Waals surface area contributed by atoms with E-state index in [0.717, 1.165) is 37.2 Å². The molecule has 1 unspecified atom stereocenters. The largest absolute Gasteiger partial charge is 0.418 e. The van der Waals surface area contributed by atoms with Crippen LogP contribution in [0.15, 0.2) is 31.0 Å². The second-order valence-electron chi connectivity index (χ2n) is 9.04. The number of carbonyl (C=O) groups excluding carboxylic acids is 2. The van der Waals surface area contributed by atoms with Crippen molar-refractivity contribution in [3.8, 4) is 0 Å². The van der Waals surface area contributed by atoms with Gasteiger partial charge in [0.05, 0.1) is 54.2 Å². The number of anilines is 1. The third-order valence-corrected chi connectivity index (χ3v) is 7.73. The summed E-state index contributed by atoms with van der Waals surface area (Å²) in [6.45, 7) is 6.11. The van der Waals surface area contributed by atoms with Gasteiger partial charge in [-0.2, -0.15) is 18.3 Å². The van der Waals surface area contributed by atoms with Gasteiger partial charge in [0.25, 0.3) is 11.8 Å². The lowest BCUT2D eigenvalue weighted by Gasteiger charge is -2.26. The predicted octanol–water partition coefficient (Wildman–Crippen LogP) is 3.43. The first-order valence-corrected chi connectivity index (χ1v) is 13.6. The lowest BCUT2D eigenvalue weighted by atomic mass is 10.2. The van der Waals surface area contributed by atoms with Gasteiger partial charge >= 0.3 is 6.18 Å². The van der Waals surface area contributed by atoms with E-state index >= 15 is 0 Å². The van der Waals surface area contributed by atoms with E-state index in [0.29, 0.717) is 41.9 Å². The summed E-state index contributed by atoms with van der Waals surface area (Å²) in [7, 11) is 0. The van der Waals surface area contributed by atoms with Crippen molar-refractivity contribution in [2.45, 2.75) is 25.7 Å². The Labute approximate surface area is 239 Å². The minimum atomic E-state index is -4.71. The molecule has 4 aromatic rings. The zero-order valence-corrected chi connectivity index (χ0v) is 23.1. The molecule has 1 aliphatic rings. The van der Waals surface area contributed by atoms with Crippen LogP contribution in [-0.4, -0.2) is 79.3 Å². The van der Waals surface area contributed by atoms with Gasteiger partial charge in [-0.25, -0.2) is 24.6 Å². The van der Waals surface area contributed by atoms with Crippen molar-refractivity contribution in [3.63, 3.8) is 0 Å². The van der Waals surface area contributed by atoms with Gasteiger partial charge in [0.15, 0.2) is 5.65 Å². The number of halogens is 4. The fourth-order valence-electron chi connectivity index (χ4n) is 4.12. The molecular weight excluding hydrogens is 587 g/mol. The van der Waals surface area contributed by atoms with Crippen molar-refractivity contribution >= 4 is 51.6 Å². The monoisotopic (exact) mass is 609 g/mol. The maximum Gasteiger partial charge on any atom is 0.418 e. The lowest BCUT2D eigenvalue weighted by molar-refractivity contribution is -0.137. The zero-order valence-electron chi connectivity index (χ0n) is 21.5. The van der Waals surface area contributed by atoms with Gasteiger partial charge in [0.2, 0.25) is 0 Å². The van der Waals surface area contributed by atoms with Crippen LogP contribution in [0.5, 0.6) is 0 Å². The molecule has 0 radical (unpaired) electrons. The second-order valence-corrected chi connectivity index (χ2v) is 10.5. The average molecular weight is 610 g/mol. The summed E-state index contributed by atoms with van der Waals surface area (Å²) in [5.41, 5.74) is -0.445. The molecule has 216 valence electrons. The number of rotatable bonds is 8. The van der Waals surface area contributed by atoms with Crippen molar-refractivity contribution in [3.05, 3.63) is 57.1 Å². The number of thiazole rings is 1. The van der Waals surface area contributed by atoms with Crippen LogP contribution in [0.3, 0.4) is 0 Å². The highest BCUT2D eigenvalue weighted by Gasteiger charge is 2.34. The van der Waals surface area contributed by atoms with Gasteiger partial charge in [-0.1, -0.05) is 11.6 Å². The molecule has 1 fully saturated rings. The SMILES string of the molecule is CC(NC(=O)c1ncnc2c1cnn2CCN1CCOCC1)c1ncc(C(=O)Nc2cc(C(F)(F)F)c(Cl)cn2)s1. The normalized spacial score (nSPS) is 15.1. The number of pyridine rings is 1. The van der Waals surface area contributed by atoms with E-state index in [1.165, 1.54) is 12.5 Å². The van der Waals surface area contributed by atoms with Crippen molar-refractivity contribution in [2.75, 3.05) is 38.2 Å². The smallest absolute Gasteiger partial charge is 0.379 e. The number of aromatic nitrogens is 6. The van der Waals surface area contributed by atoms with E-state index in [1.807, 2.05) is 0 Å². The predicted molar refractivity (Wildman–Crippen MR) is 143 cm³/mol. The summed E-state index contributed by atoms with van der Waals surface area (Å²) < 4.78 is 46.4. The Balaban J connectivity index is 1.23. The average Bonchev–Trinajstić information content (AvgIpc) is 3.61. The highest BCUT2D eigenvalue weighted by Crippen LogP contribution is 2.35. The van der Waals surface area contributed by atoms with E-state index in [4.69, 9.17) is 16.3 Å². The maximum atomic E-state index is 13.1. The molecular formula is C24H23ClF3N9O3S. The molecule has 17 heteroatoms. The Hall–Kier alpha value is -3.73. The molecule has 0 saturated carbocycles. The van der Waals surface area contributed by atoms with E-state index in [2.05, 4.69) is 40.6 Å². The summed E-state index contributed by atoms with van der Waals surface area (Å²) in [4.78, 5) is 44.5. The molecule has 41 heavy (non-hydrogen) atoms. The standard InChI is InChI=1S/C24H23ClF3N9O3S/c1-13(23-30-11-17(41-23)21(38)35-18-8-15(24(26,27)28)16(25)10-29-18)34-22(39)19-14-9-33-37(20(14)32-12-31-19)3-2-36-4-6-40-7-5-36/h8-13H,2-7H2,1H3,(H,34,39)(H,29,35,38). The first-order valence-electron chi connectivity index (χ1n) is 12.4. The third-order valence-electron chi connectivity index (χ3n) is 6.25. The summed E-state index contributed by atoms with van der Waals surface area (Å²) >= 11 is 6.55. The van der Waals surface area contributed by atoms with Crippen LogP contribution in [0.4, 0.5) is 19.0 Å². The van der Waals surface area contributed by atoms with Crippen LogP contribution >= 0.6 is 22.9 Å². The molecule has 0 aliphatic carbocycles. The number of morpholine rings is 1. The van der Waals surface area contributed by atoms with Crippen molar-refractivity contribution in [2.24, 2.45) is 0 Å². The van der Waals surface area contributed by atoms with Gasteiger partial charge in [-0.3, -0.25) is 14.5 Å². The van der Waals surface area contributed by atoms with Crippen molar-refractivity contribution in [1.29, 1.82) is 0 Å². The van der Waals surface area contributed by atoms with Gasteiger partial charge in [0, 0.05) is 25.8 Å². The van der Waals surface area contributed by atoms with Crippen molar-refractivity contribution in [1.82, 2.24) is 39.9 Å². The van der Waals surface area contributed by atoms with E-state index in [-0.39, 0.29) is 16.4 Å². The Morgan fingerprint density at radius 2 is 1.88 bits per heavy atom. The molecule has 2 N–H and O–H groups in total. The second kappa shape index (κ2) is 12.0. The molecule has 0 spiro atoms. The minimum absolute atomic E-state index is 0.109. The number of nitrogens with one attached hydrogen (secondary N) is 2. The Kier molecular flexibility index (Phi) is 8.44. The number of ether oxygens (including phenoxy) is 1. The molecule has 4 aromatic heterocycles. The van der Waals surface area contributed by atoms with Crippen molar-refractivity contribution < 1.29 is 27.5 Å². The summed E-state index contributed by atoms with van der Waals surface area (Å²) in [5.74, 6) is -1.51. The molecule has 5 rings (SSSR count). The van der Waals surface area contributed by atoms with E-state index in [1.54, 1.807) is 17.8 Å². The summed E-state index contributed by atoms with van der Waals surface area (Å²) in [5, 5.41) is 9.81. The number of nitrogens with zero attached hydrogens (tertiary/aromatic N) is 7. The first-order chi connectivity index (χ1) is 19.6. The van der Waals surface area contributed by atoms with Crippen LogP contribution < -0.4 is 10.6 Å². The molecule has 5 heterocycles. The van der Waals surface area contributed by atoms with Crippen LogP contribution in [0.2, 0.25) is 5.02 Å². The molecule has 1 saturated heterocycles. The van der Waals surface area contributed by atoms with Crippen LogP contribution in [0, 0.1) is 0 Å². The Bertz CT molecular complexity index is 1570. The third kappa shape index (κ3) is 6.61. The van der Waals surface area contributed by atoms with Gasteiger partial charge < -0.3 is 15.4 Å². The first kappa shape index (κ1) is 28.8. The number of carbonyl (C=O) groups is 2. The number of amides is 2. The zero-order chi connectivity index (χ0) is 29.1. The van der Waals surface area contributed by atoms with Crippen LogP contribution in [0.25, 0.3) is 11.0 Å². The van der Waals surface area contributed by atoms with Gasteiger partial charge in [-0.15, -0.1) is 11.3 Å². The fraction of sp³-hybridized carbons (Fsp3) is 0.375. The summed E-state index contributed by atoms with van der Waals surface area (Å²) in [6.07, 6.45) is 0.222. The number of hydrogen-bond acceptors (Lipinski definition) is 10. The molecule has 0 aromatic carbocycles. The minimum Gasteiger partial charge on any atom is -0.379 e. The molecule has 1 atom stereocenters. The van der Waals surface area contributed by atoms with Crippen LogP contribution in [-0.2, 0) is 17.5 Å². The summed E-state index contributed by atoms with van der Waals surface area (Å²) in [6, 6.07) is 0.0408. The molecule has 12 nitrogen and oxygen atoms in total. The lowest BCUT2D eigenvalue weighted by Crippen LogP contribution is -2.38. The highest BCUT2D eigenvalue weighted by molar-refractivity contribution is 7.13. The number of fused-ring (bicyclic) bond motifs is 1. The fourth-order valence-corrected chi connectivity index (χ4v) is 5.15. The number of alkyl halides is 3. The molecule has 2 amide bonds. The highest BCUT2D eigenvalue weighted by atomic mass is 35.5. The molecule has 0 bridgehead atoms. The van der Waals surface area contributed by atoms with E-state index < -0.39 is 34.6 Å². The quantitative estimate of drug-likeness (QED) is 0.307. The molecule has 1 aliphatic heterocycles. The Morgan fingerprint density at radius 3 is 2.63 bits per heavy atom. The number of hydrogen-bond donors (Lipinski definition) is 2. The topological polar surface area (TPSA) is 140 Å². The Morgan fingerprint density at radius 1 is 1.10 bits per heavy atom. The van der Waals surface area contributed by atoms with E-state index in [9.17, 15) is 22.8 Å². The van der Waals surface area contributed by atoms with Gasteiger partial charge in [-0.05, 0) is 13.0 Å². The van der Waals surface area contributed by atoms with Crippen LogP contribution in [0.1, 0.15) is 43.7 Å². The van der Waals surface area contributed by atoms with Gasteiger partial charge in [0.1, 0.15) is 27.7 Å².